The molecule has 0 aliphatic carbocycles. The molecular weight excluding hydrogens is 384 g/mol. The van der Waals surface area contributed by atoms with Gasteiger partial charge in [0.25, 0.3) is 0 Å². The van der Waals surface area contributed by atoms with Gasteiger partial charge in [0.05, 0.1) is 16.8 Å². The van der Waals surface area contributed by atoms with Gasteiger partial charge in [-0.2, -0.15) is 0 Å². The standard InChI is InChI=1S/C22H18N4O4/c1-14-6-7-15(2)26(14)20-13-18(8-9-19(20)22(29)30)25-11-10-24(23-25)17-5-3-4-16(12-17)21(27)28/h3-13H,1-2H3,(H-,27,28,29,30)/p+1. The van der Waals surface area contributed by atoms with E-state index in [1.54, 1.807) is 52.1 Å². The maximum atomic E-state index is 11.8. The van der Waals surface area contributed by atoms with Crippen LogP contribution < -0.4 is 4.68 Å². The van der Waals surface area contributed by atoms with Gasteiger partial charge in [0.2, 0.25) is 0 Å². The average molecular weight is 403 g/mol. The fourth-order valence-electron chi connectivity index (χ4n) is 3.42. The first-order chi connectivity index (χ1) is 14.3. The first-order valence-electron chi connectivity index (χ1n) is 9.19. The van der Waals surface area contributed by atoms with Gasteiger partial charge in [0.1, 0.15) is 5.21 Å². The molecule has 8 heteroatoms. The summed E-state index contributed by atoms with van der Waals surface area (Å²) in [5, 5.41) is 23.3. The van der Waals surface area contributed by atoms with Crippen molar-refractivity contribution >= 4 is 11.9 Å². The number of carboxylic acid groups (broad SMARTS) is 2. The fraction of sp³-hybridized carbons (Fsp3) is 0.0909. The van der Waals surface area contributed by atoms with E-state index in [0.717, 1.165) is 11.4 Å². The normalized spacial score (nSPS) is 10.9. The third-order valence-electron chi connectivity index (χ3n) is 4.89. The highest BCUT2D eigenvalue weighted by Crippen LogP contribution is 2.22. The minimum Gasteiger partial charge on any atom is -0.478 e. The Kier molecular flexibility index (Phi) is 4.67. The van der Waals surface area contributed by atoms with Gasteiger partial charge in [-0.3, -0.25) is 0 Å². The van der Waals surface area contributed by atoms with E-state index in [4.69, 9.17) is 0 Å². The van der Waals surface area contributed by atoms with Crippen LogP contribution in [-0.4, -0.2) is 36.6 Å². The maximum Gasteiger partial charge on any atom is 0.337 e. The number of aromatic carboxylic acids is 2. The predicted octanol–water partition coefficient (Wildman–Crippen LogP) is 2.95. The molecule has 2 heterocycles. The first kappa shape index (κ1) is 19.1. The highest BCUT2D eigenvalue weighted by Gasteiger charge is 2.19. The quantitative estimate of drug-likeness (QED) is 0.499. The lowest BCUT2D eigenvalue weighted by atomic mass is 10.1. The van der Waals surface area contributed by atoms with Gasteiger partial charge >= 0.3 is 11.9 Å². The molecule has 0 fully saturated rings. The van der Waals surface area contributed by atoms with E-state index < -0.39 is 11.9 Å². The largest absolute Gasteiger partial charge is 0.478 e. The van der Waals surface area contributed by atoms with Crippen molar-refractivity contribution in [2.24, 2.45) is 0 Å². The lowest BCUT2D eigenvalue weighted by molar-refractivity contribution is -0.660. The molecule has 0 saturated carbocycles. The molecule has 2 aromatic carbocycles. The Labute approximate surface area is 171 Å². The summed E-state index contributed by atoms with van der Waals surface area (Å²) in [4.78, 5) is 23.0. The Morgan fingerprint density at radius 3 is 2.33 bits per heavy atom. The average Bonchev–Trinajstić information content (AvgIpc) is 3.34. The Bertz CT molecular complexity index is 1270. The molecule has 4 aromatic rings. The number of aromatic nitrogens is 4. The molecule has 0 unspecified atom stereocenters. The van der Waals surface area contributed by atoms with Gasteiger partial charge in [0.15, 0.2) is 23.8 Å². The topological polar surface area (TPSA) is 101 Å². The van der Waals surface area contributed by atoms with Gasteiger partial charge in [-0.25, -0.2) is 9.59 Å². The second-order valence-electron chi connectivity index (χ2n) is 6.89. The molecule has 0 atom stereocenters. The third-order valence-corrected chi connectivity index (χ3v) is 4.89. The van der Waals surface area contributed by atoms with Crippen LogP contribution in [0.2, 0.25) is 0 Å². The number of hydrogen-bond acceptors (Lipinski definition) is 3. The van der Waals surface area contributed by atoms with Crippen molar-refractivity contribution in [2.45, 2.75) is 13.8 Å². The molecule has 0 saturated heterocycles. The molecule has 0 amide bonds. The summed E-state index contributed by atoms with van der Waals surface area (Å²) in [6, 6.07) is 15.4. The fourth-order valence-corrected chi connectivity index (χ4v) is 3.42. The molecule has 8 nitrogen and oxygen atoms in total. The summed E-state index contributed by atoms with van der Waals surface area (Å²) in [6.45, 7) is 3.84. The highest BCUT2D eigenvalue weighted by molar-refractivity contribution is 5.92. The molecule has 0 aliphatic heterocycles. The third kappa shape index (κ3) is 3.35. The van der Waals surface area contributed by atoms with E-state index in [9.17, 15) is 19.8 Å². The van der Waals surface area contributed by atoms with Crippen LogP contribution in [-0.2, 0) is 0 Å². The van der Waals surface area contributed by atoms with E-state index in [1.165, 1.54) is 12.1 Å². The second-order valence-corrected chi connectivity index (χ2v) is 6.89. The molecular formula is C22H19N4O4+. The summed E-state index contributed by atoms with van der Waals surface area (Å²) < 4.78 is 5.06. The Balaban J connectivity index is 1.79. The summed E-state index contributed by atoms with van der Waals surface area (Å²) in [5.41, 5.74) is 4.04. The number of benzene rings is 2. The summed E-state index contributed by atoms with van der Waals surface area (Å²) in [6.07, 6.45) is 3.43. The summed E-state index contributed by atoms with van der Waals surface area (Å²) >= 11 is 0. The molecule has 0 spiro atoms. The van der Waals surface area contributed by atoms with Crippen molar-refractivity contribution in [1.29, 1.82) is 0 Å². The second kappa shape index (κ2) is 7.32. The van der Waals surface area contributed by atoms with Crippen LogP contribution in [0.3, 0.4) is 0 Å². The monoisotopic (exact) mass is 403 g/mol. The summed E-state index contributed by atoms with van der Waals surface area (Å²) in [7, 11) is 0. The Morgan fingerprint density at radius 2 is 1.67 bits per heavy atom. The molecule has 4 rings (SSSR count). The number of rotatable bonds is 5. The van der Waals surface area contributed by atoms with Crippen LogP contribution >= 0.6 is 0 Å². The van der Waals surface area contributed by atoms with E-state index in [-0.39, 0.29) is 11.1 Å². The van der Waals surface area contributed by atoms with Gasteiger partial charge in [-0.1, -0.05) is 6.07 Å². The van der Waals surface area contributed by atoms with Crippen LogP contribution in [0, 0.1) is 13.8 Å². The van der Waals surface area contributed by atoms with Crippen LogP contribution in [0.1, 0.15) is 32.1 Å². The van der Waals surface area contributed by atoms with Gasteiger partial charge < -0.3 is 14.8 Å². The molecule has 2 aromatic heterocycles. The zero-order valence-corrected chi connectivity index (χ0v) is 16.4. The zero-order valence-electron chi connectivity index (χ0n) is 16.4. The molecule has 150 valence electrons. The molecule has 0 aliphatic rings. The number of carboxylic acids is 2. The minimum absolute atomic E-state index is 0.168. The van der Waals surface area contributed by atoms with Gasteiger partial charge in [-0.05, 0) is 50.2 Å². The van der Waals surface area contributed by atoms with Crippen LogP contribution in [0.15, 0.2) is 67.0 Å². The highest BCUT2D eigenvalue weighted by atomic mass is 16.4. The van der Waals surface area contributed by atoms with Crippen molar-refractivity contribution in [3.05, 3.63) is 89.5 Å². The molecule has 0 radical (unpaired) electrons. The minimum atomic E-state index is -1.01. The lowest BCUT2D eigenvalue weighted by Crippen LogP contribution is -2.33. The van der Waals surface area contributed by atoms with Crippen LogP contribution in [0.25, 0.3) is 17.1 Å². The van der Waals surface area contributed by atoms with Gasteiger partial charge in [0, 0.05) is 23.5 Å². The van der Waals surface area contributed by atoms with E-state index >= 15 is 0 Å². The predicted molar refractivity (Wildman–Crippen MR) is 108 cm³/mol. The zero-order chi connectivity index (χ0) is 21.4. The Morgan fingerprint density at radius 1 is 0.933 bits per heavy atom. The summed E-state index contributed by atoms with van der Waals surface area (Å²) in [5.74, 6) is -2.02. The lowest BCUT2D eigenvalue weighted by Gasteiger charge is -2.13. The molecule has 2 N–H and O–H groups in total. The molecule has 30 heavy (non-hydrogen) atoms. The van der Waals surface area contributed by atoms with E-state index in [1.807, 2.05) is 30.5 Å². The number of carbonyl (C=O) groups is 2. The number of aryl methyl sites for hydroxylation is 2. The molecule has 0 bridgehead atoms. The van der Waals surface area contributed by atoms with Crippen molar-refractivity contribution in [2.75, 3.05) is 0 Å². The van der Waals surface area contributed by atoms with E-state index in [2.05, 4.69) is 5.21 Å². The number of nitrogens with zero attached hydrogens (tertiary/aromatic N) is 4. The van der Waals surface area contributed by atoms with Crippen LogP contribution in [0.4, 0.5) is 0 Å². The Hall–Kier alpha value is -4.20. The SMILES string of the molecule is Cc1ccc(C)n1-c1cc(-[n+]2ccn(-c3cccc(C(=O)O)c3)n2)ccc1C(=O)O. The number of hydrogen-bond donors (Lipinski definition) is 2. The van der Waals surface area contributed by atoms with Crippen molar-refractivity contribution < 1.29 is 24.5 Å². The first-order valence-corrected chi connectivity index (χ1v) is 9.19. The smallest absolute Gasteiger partial charge is 0.337 e. The maximum absolute atomic E-state index is 11.8. The van der Waals surface area contributed by atoms with Gasteiger partial charge in [-0.15, -0.1) is 9.36 Å². The van der Waals surface area contributed by atoms with Crippen LogP contribution in [0.5, 0.6) is 0 Å². The van der Waals surface area contributed by atoms with Crippen molar-refractivity contribution in [1.82, 2.24) is 14.5 Å². The van der Waals surface area contributed by atoms with Crippen molar-refractivity contribution in [3.8, 4) is 17.1 Å². The van der Waals surface area contributed by atoms with E-state index in [0.29, 0.717) is 17.1 Å². The van der Waals surface area contributed by atoms with Crippen molar-refractivity contribution in [3.63, 3.8) is 0 Å².